The van der Waals surface area contributed by atoms with Crippen LogP contribution in [0, 0.1) is 11.3 Å². The quantitative estimate of drug-likeness (QED) is 0.883. The van der Waals surface area contributed by atoms with Crippen LogP contribution in [-0.2, 0) is 4.79 Å². The van der Waals surface area contributed by atoms with Crippen molar-refractivity contribution in [2.24, 2.45) is 0 Å². The van der Waals surface area contributed by atoms with E-state index in [4.69, 9.17) is 5.26 Å². The molecule has 0 radical (unpaired) electrons. The summed E-state index contributed by atoms with van der Waals surface area (Å²) in [6, 6.07) is 14.1. The molecule has 2 aromatic rings. The van der Waals surface area contributed by atoms with Gasteiger partial charge in [-0.25, -0.2) is 0 Å². The lowest BCUT2D eigenvalue weighted by atomic mass is 10.00. The van der Waals surface area contributed by atoms with Gasteiger partial charge in [-0.3, -0.25) is 4.79 Å². The number of hydrogen-bond donors (Lipinski definition) is 1. The molecule has 18 heavy (non-hydrogen) atoms. The van der Waals surface area contributed by atoms with E-state index in [1.807, 2.05) is 12.1 Å². The lowest BCUT2D eigenvalue weighted by Crippen LogP contribution is -2.20. The summed E-state index contributed by atoms with van der Waals surface area (Å²) < 4.78 is 0. The van der Waals surface area contributed by atoms with Gasteiger partial charge in [0.15, 0.2) is 11.7 Å². The Hall–Kier alpha value is -2.74. The van der Waals surface area contributed by atoms with Gasteiger partial charge < -0.3 is 5.32 Å². The van der Waals surface area contributed by atoms with Gasteiger partial charge in [0.05, 0.1) is 6.07 Å². The van der Waals surface area contributed by atoms with E-state index >= 15 is 0 Å². The van der Waals surface area contributed by atoms with Crippen molar-refractivity contribution in [1.82, 2.24) is 10.2 Å². The Kier molecular flexibility index (Phi) is 3.62. The van der Waals surface area contributed by atoms with Crippen LogP contribution in [-0.4, -0.2) is 16.1 Å². The van der Waals surface area contributed by atoms with Crippen LogP contribution in [0.15, 0.2) is 48.7 Å². The third-order valence-electron chi connectivity index (χ3n) is 2.35. The summed E-state index contributed by atoms with van der Waals surface area (Å²) in [5.41, 5.74) is 0.654. The molecule has 0 aliphatic heterocycles. The Labute approximate surface area is 104 Å². The molecule has 2 rings (SSSR count). The van der Waals surface area contributed by atoms with Gasteiger partial charge in [0, 0.05) is 6.20 Å². The standard InChI is InChI=1S/C13H10N4O/c14-9-11(10-5-2-1-3-6-10)13(18)16-12-7-4-8-15-17-12/h1-8,11H,(H,16,17,18). The van der Waals surface area contributed by atoms with Crippen LogP contribution < -0.4 is 5.32 Å². The van der Waals surface area contributed by atoms with Gasteiger partial charge in [-0.05, 0) is 17.7 Å². The highest BCUT2D eigenvalue weighted by Crippen LogP contribution is 2.16. The molecule has 0 aliphatic carbocycles. The molecule has 5 nitrogen and oxygen atoms in total. The Morgan fingerprint density at radius 2 is 2.00 bits per heavy atom. The number of nitriles is 1. The molecule has 1 heterocycles. The van der Waals surface area contributed by atoms with E-state index < -0.39 is 11.8 Å². The van der Waals surface area contributed by atoms with E-state index in [9.17, 15) is 4.79 Å². The van der Waals surface area contributed by atoms with Crippen LogP contribution in [0.5, 0.6) is 0 Å². The molecule has 1 N–H and O–H groups in total. The van der Waals surface area contributed by atoms with E-state index in [2.05, 4.69) is 15.5 Å². The molecule has 0 aliphatic rings. The number of anilines is 1. The van der Waals surface area contributed by atoms with Crippen molar-refractivity contribution in [3.8, 4) is 6.07 Å². The molecule has 1 aromatic heterocycles. The van der Waals surface area contributed by atoms with E-state index in [1.54, 1.807) is 36.4 Å². The van der Waals surface area contributed by atoms with Crippen LogP contribution in [0.25, 0.3) is 0 Å². The van der Waals surface area contributed by atoms with Gasteiger partial charge in [-0.2, -0.15) is 10.4 Å². The third-order valence-corrected chi connectivity index (χ3v) is 2.35. The summed E-state index contributed by atoms with van der Waals surface area (Å²) in [6.45, 7) is 0. The van der Waals surface area contributed by atoms with E-state index in [0.29, 0.717) is 11.4 Å². The van der Waals surface area contributed by atoms with E-state index in [1.165, 1.54) is 6.20 Å². The molecular formula is C13H10N4O. The Morgan fingerprint density at radius 1 is 1.22 bits per heavy atom. The number of aromatic nitrogens is 2. The van der Waals surface area contributed by atoms with Crippen LogP contribution >= 0.6 is 0 Å². The Balaban J connectivity index is 2.15. The summed E-state index contributed by atoms with van der Waals surface area (Å²) in [6.07, 6.45) is 1.51. The Bertz CT molecular complexity index is 563. The van der Waals surface area contributed by atoms with Crippen LogP contribution in [0.2, 0.25) is 0 Å². The zero-order valence-electron chi connectivity index (χ0n) is 9.45. The first-order valence-corrected chi connectivity index (χ1v) is 5.34. The van der Waals surface area contributed by atoms with Crippen molar-refractivity contribution in [2.75, 3.05) is 5.32 Å². The summed E-state index contributed by atoms with van der Waals surface area (Å²) in [4.78, 5) is 11.9. The third kappa shape index (κ3) is 2.68. The number of nitrogens with one attached hydrogen (secondary N) is 1. The zero-order valence-corrected chi connectivity index (χ0v) is 9.45. The highest BCUT2D eigenvalue weighted by atomic mass is 16.1. The van der Waals surface area contributed by atoms with Crippen LogP contribution in [0.4, 0.5) is 5.82 Å². The molecule has 1 unspecified atom stereocenters. The van der Waals surface area contributed by atoms with E-state index in [0.717, 1.165) is 0 Å². The van der Waals surface area contributed by atoms with Crippen molar-refractivity contribution >= 4 is 11.7 Å². The molecule has 0 saturated heterocycles. The molecule has 0 spiro atoms. The first-order chi connectivity index (χ1) is 8.81. The first-order valence-electron chi connectivity index (χ1n) is 5.34. The maximum absolute atomic E-state index is 11.9. The SMILES string of the molecule is N#CC(C(=O)Nc1cccnn1)c1ccccc1. The topological polar surface area (TPSA) is 78.7 Å². The number of nitrogens with zero attached hydrogens (tertiary/aromatic N) is 3. The van der Waals surface area contributed by atoms with E-state index in [-0.39, 0.29) is 0 Å². The fourth-order valence-corrected chi connectivity index (χ4v) is 1.50. The van der Waals surface area contributed by atoms with Gasteiger partial charge >= 0.3 is 0 Å². The average molecular weight is 238 g/mol. The number of benzene rings is 1. The second kappa shape index (κ2) is 5.55. The largest absolute Gasteiger partial charge is 0.308 e. The summed E-state index contributed by atoms with van der Waals surface area (Å²) >= 11 is 0. The predicted molar refractivity (Wildman–Crippen MR) is 65.5 cm³/mol. The molecule has 1 atom stereocenters. The summed E-state index contributed by atoms with van der Waals surface area (Å²) in [5, 5.41) is 19.0. The van der Waals surface area contributed by atoms with Crippen LogP contribution in [0.3, 0.4) is 0 Å². The molecule has 0 fully saturated rings. The van der Waals surface area contributed by atoms with Gasteiger partial charge in [0.2, 0.25) is 5.91 Å². The molecule has 0 bridgehead atoms. The molecule has 1 amide bonds. The predicted octanol–water partition coefficient (Wildman–Crippen LogP) is 1.72. The minimum absolute atomic E-state index is 0.332. The molecule has 1 aromatic carbocycles. The van der Waals surface area contributed by atoms with Crippen molar-refractivity contribution in [3.05, 3.63) is 54.2 Å². The molecule has 5 heteroatoms. The second-order valence-corrected chi connectivity index (χ2v) is 3.57. The maximum atomic E-state index is 11.9. The zero-order chi connectivity index (χ0) is 12.8. The van der Waals surface area contributed by atoms with Crippen molar-refractivity contribution in [1.29, 1.82) is 5.26 Å². The number of carbonyl (C=O) groups excluding carboxylic acids is 1. The number of amides is 1. The second-order valence-electron chi connectivity index (χ2n) is 3.57. The fraction of sp³-hybridized carbons (Fsp3) is 0.0769. The first kappa shape index (κ1) is 11.7. The molecular weight excluding hydrogens is 228 g/mol. The van der Waals surface area contributed by atoms with Crippen molar-refractivity contribution in [2.45, 2.75) is 5.92 Å². The lowest BCUT2D eigenvalue weighted by molar-refractivity contribution is -0.116. The van der Waals surface area contributed by atoms with Crippen LogP contribution in [0.1, 0.15) is 11.5 Å². The summed E-state index contributed by atoms with van der Waals surface area (Å²) in [7, 11) is 0. The van der Waals surface area contributed by atoms with Gasteiger partial charge in [0.1, 0.15) is 0 Å². The average Bonchev–Trinajstić information content (AvgIpc) is 2.42. The maximum Gasteiger partial charge on any atom is 0.247 e. The van der Waals surface area contributed by atoms with Gasteiger partial charge in [0.25, 0.3) is 0 Å². The highest BCUT2D eigenvalue weighted by molar-refractivity contribution is 5.96. The minimum Gasteiger partial charge on any atom is -0.308 e. The normalized spacial score (nSPS) is 11.3. The van der Waals surface area contributed by atoms with Crippen molar-refractivity contribution < 1.29 is 4.79 Å². The number of carbonyl (C=O) groups is 1. The fourth-order valence-electron chi connectivity index (χ4n) is 1.50. The summed E-state index contributed by atoms with van der Waals surface area (Å²) in [5.74, 6) is -0.934. The molecule has 88 valence electrons. The molecule has 0 saturated carbocycles. The minimum atomic E-state index is -0.854. The number of rotatable bonds is 3. The van der Waals surface area contributed by atoms with Gasteiger partial charge in [-0.15, -0.1) is 5.10 Å². The van der Waals surface area contributed by atoms with Crippen molar-refractivity contribution in [3.63, 3.8) is 0 Å². The highest BCUT2D eigenvalue weighted by Gasteiger charge is 2.20. The lowest BCUT2D eigenvalue weighted by Gasteiger charge is -2.09. The Morgan fingerprint density at radius 3 is 2.61 bits per heavy atom. The number of hydrogen-bond acceptors (Lipinski definition) is 4. The monoisotopic (exact) mass is 238 g/mol. The smallest absolute Gasteiger partial charge is 0.247 e. The van der Waals surface area contributed by atoms with Gasteiger partial charge in [-0.1, -0.05) is 30.3 Å².